The van der Waals surface area contributed by atoms with Gasteiger partial charge in [0.15, 0.2) is 5.82 Å². The van der Waals surface area contributed by atoms with Crippen molar-refractivity contribution in [2.24, 2.45) is 0 Å². The largest absolute Gasteiger partial charge is 0.353 e. The molecule has 1 fully saturated rings. The molecule has 0 N–H and O–H groups in total. The minimum Gasteiger partial charge on any atom is -0.353 e. The van der Waals surface area contributed by atoms with Crippen molar-refractivity contribution in [2.75, 3.05) is 36.0 Å². The highest BCUT2D eigenvalue weighted by atomic mass is 19.3. The molecule has 1 aliphatic heterocycles. The Morgan fingerprint density at radius 2 is 1.71 bits per heavy atom. The molecule has 2 aromatic heterocycles. The lowest BCUT2D eigenvalue weighted by molar-refractivity contribution is 0.146. The second-order valence-corrected chi connectivity index (χ2v) is 4.66. The molecule has 0 unspecified atom stereocenters. The van der Waals surface area contributed by atoms with E-state index in [1.165, 1.54) is 12.4 Å². The summed E-state index contributed by atoms with van der Waals surface area (Å²) in [7, 11) is 0. The predicted molar refractivity (Wildman–Crippen MR) is 73.4 cm³/mol. The Hall–Kier alpha value is -2.38. The summed E-state index contributed by atoms with van der Waals surface area (Å²) in [5.41, 5.74) is -0.239. The lowest BCUT2D eigenvalue weighted by atomic mass is 10.3. The average molecular weight is 292 g/mol. The first-order chi connectivity index (χ1) is 10.2. The Morgan fingerprint density at radius 1 is 1.00 bits per heavy atom. The number of halogens is 2. The van der Waals surface area contributed by atoms with Gasteiger partial charge in [0.1, 0.15) is 17.8 Å². The van der Waals surface area contributed by atoms with Crippen LogP contribution in [0.25, 0.3) is 0 Å². The van der Waals surface area contributed by atoms with Gasteiger partial charge in [0.2, 0.25) is 0 Å². The first-order valence-corrected chi connectivity index (χ1v) is 6.62. The van der Waals surface area contributed by atoms with E-state index in [0.29, 0.717) is 18.9 Å². The van der Waals surface area contributed by atoms with Crippen molar-refractivity contribution in [2.45, 2.75) is 6.43 Å². The number of rotatable bonds is 3. The van der Waals surface area contributed by atoms with Crippen molar-refractivity contribution >= 4 is 11.6 Å². The molecule has 0 atom stereocenters. The van der Waals surface area contributed by atoms with Crippen LogP contribution < -0.4 is 9.80 Å². The number of alkyl halides is 2. The smallest absolute Gasteiger partial charge is 0.280 e. The molecular formula is C13H14F2N6. The van der Waals surface area contributed by atoms with Gasteiger partial charge in [-0.05, 0) is 12.1 Å². The summed E-state index contributed by atoms with van der Waals surface area (Å²) >= 11 is 0. The minimum atomic E-state index is -2.58. The van der Waals surface area contributed by atoms with Crippen LogP contribution in [0.15, 0.2) is 30.7 Å². The van der Waals surface area contributed by atoms with Crippen molar-refractivity contribution in [1.29, 1.82) is 0 Å². The monoisotopic (exact) mass is 292 g/mol. The third-order valence-corrected chi connectivity index (χ3v) is 3.38. The molecule has 0 aliphatic carbocycles. The van der Waals surface area contributed by atoms with Crippen LogP contribution >= 0.6 is 0 Å². The van der Waals surface area contributed by atoms with Crippen molar-refractivity contribution in [1.82, 2.24) is 20.2 Å². The van der Waals surface area contributed by atoms with Crippen LogP contribution in [0.1, 0.15) is 12.1 Å². The fourth-order valence-corrected chi connectivity index (χ4v) is 2.28. The van der Waals surface area contributed by atoms with Gasteiger partial charge in [-0.1, -0.05) is 0 Å². The molecule has 2 aromatic rings. The number of nitrogens with zero attached hydrogens (tertiary/aromatic N) is 6. The van der Waals surface area contributed by atoms with Crippen LogP contribution in [0.4, 0.5) is 20.4 Å². The van der Waals surface area contributed by atoms with Gasteiger partial charge in [0.05, 0.1) is 0 Å². The highest BCUT2D eigenvalue weighted by Crippen LogP contribution is 2.21. The molecule has 0 bridgehead atoms. The number of anilines is 2. The summed E-state index contributed by atoms with van der Waals surface area (Å²) in [6, 6.07) is 5.10. The molecule has 21 heavy (non-hydrogen) atoms. The predicted octanol–water partition coefficient (Wildman–Crippen LogP) is 1.53. The third kappa shape index (κ3) is 3.04. The van der Waals surface area contributed by atoms with Gasteiger partial charge in [0, 0.05) is 38.4 Å². The highest BCUT2D eigenvalue weighted by molar-refractivity contribution is 5.44. The van der Waals surface area contributed by atoms with E-state index in [2.05, 4.69) is 25.1 Å². The van der Waals surface area contributed by atoms with Gasteiger partial charge in [-0.3, -0.25) is 0 Å². The summed E-state index contributed by atoms with van der Waals surface area (Å²) in [5, 5.41) is 7.93. The molecule has 0 spiro atoms. The topological polar surface area (TPSA) is 58.0 Å². The Balaban J connectivity index is 1.67. The fourth-order valence-electron chi connectivity index (χ4n) is 2.28. The van der Waals surface area contributed by atoms with E-state index in [1.807, 2.05) is 17.0 Å². The van der Waals surface area contributed by atoms with Crippen molar-refractivity contribution < 1.29 is 8.78 Å². The molecule has 1 saturated heterocycles. The van der Waals surface area contributed by atoms with Crippen LogP contribution in [0.3, 0.4) is 0 Å². The molecule has 3 rings (SSSR count). The second-order valence-electron chi connectivity index (χ2n) is 4.66. The number of hydrogen-bond donors (Lipinski definition) is 0. The first-order valence-electron chi connectivity index (χ1n) is 6.62. The summed E-state index contributed by atoms with van der Waals surface area (Å²) in [5.74, 6) is 1.37. The summed E-state index contributed by atoms with van der Waals surface area (Å²) in [4.78, 5) is 11.7. The molecule has 110 valence electrons. The fraction of sp³-hybridized carbons (Fsp3) is 0.385. The summed E-state index contributed by atoms with van der Waals surface area (Å²) in [6.07, 6.45) is 0.242. The van der Waals surface area contributed by atoms with E-state index in [-0.39, 0.29) is 5.69 Å². The molecule has 3 heterocycles. The van der Waals surface area contributed by atoms with Gasteiger partial charge >= 0.3 is 0 Å². The van der Waals surface area contributed by atoms with E-state index in [1.54, 1.807) is 6.20 Å². The Morgan fingerprint density at radius 3 is 2.33 bits per heavy atom. The van der Waals surface area contributed by atoms with Gasteiger partial charge < -0.3 is 9.80 Å². The highest BCUT2D eigenvalue weighted by Gasteiger charge is 2.20. The maximum Gasteiger partial charge on any atom is 0.280 e. The maximum atomic E-state index is 12.7. The molecule has 0 aromatic carbocycles. The van der Waals surface area contributed by atoms with E-state index in [4.69, 9.17) is 0 Å². The molecule has 0 saturated carbocycles. The molecule has 0 amide bonds. The van der Waals surface area contributed by atoms with E-state index < -0.39 is 6.43 Å². The normalized spacial score (nSPS) is 15.6. The van der Waals surface area contributed by atoms with Gasteiger partial charge in [0.25, 0.3) is 6.43 Å². The van der Waals surface area contributed by atoms with Crippen LogP contribution in [0, 0.1) is 0 Å². The molecule has 0 radical (unpaired) electrons. The average Bonchev–Trinajstić information content (AvgIpc) is 2.56. The minimum absolute atomic E-state index is 0.239. The molecular weight excluding hydrogens is 278 g/mol. The van der Waals surface area contributed by atoms with Crippen molar-refractivity contribution in [3.05, 3.63) is 36.4 Å². The maximum absolute atomic E-state index is 12.7. The van der Waals surface area contributed by atoms with Gasteiger partial charge in [-0.25, -0.2) is 18.7 Å². The zero-order valence-electron chi connectivity index (χ0n) is 11.2. The Kier molecular flexibility index (Phi) is 3.85. The summed E-state index contributed by atoms with van der Waals surface area (Å²) < 4.78 is 25.3. The van der Waals surface area contributed by atoms with Crippen molar-refractivity contribution in [3.8, 4) is 0 Å². The molecule has 6 nitrogen and oxygen atoms in total. The Bertz CT molecular complexity index is 586. The van der Waals surface area contributed by atoms with E-state index in [0.717, 1.165) is 18.9 Å². The van der Waals surface area contributed by atoms with Gasteiger partial charge in [-0.2, -0.15) is 5.10 Å². The van der Waals surface area contributed by atoms with Crippen molar-refractivity contribution in [3.63, 3.8) is 0 Å². The quantitative estimate of drug-likeness (QED) is 0.855. The summed E-state index contributed by atoms with van der Waals surface area (Å²) in [6.45, 7) is 2.87. The van der Waals surface area contributed by atoms with E-state index in [9.17, 15) is 8.78 Å². The standard InChI is InChI=1S/C13H14F2N6/c14-13(15)10-8-12(17-9-16-10)21-6-4-20(5-7-21)11-2-1-3-18-19-11/h1-3,8-9,13H,4-7H2. The van der Waals surface area contributed by atoms with Crippen LogP contribution in [-0.4, -0.2) is 46.3 Å². The van der Waals surface area contributed by atoms with Crippen LogP contribution in [-0.2, 0) is 0 Å². The SMILES string of the molecule is FC(F)c1cc(N2CCN(c3cccnn3)CC2)ncn1. The number of hydrogen-bond acceptors (Lipinski definition) is 6. The zero-order chi connectivity index (χ0) is 14.7. The van der Waals surface area contributed by atoms with Gasteiger partial charge in [-0.15, -0.1) is 5.10 Å². The molecule has 8 heteroatoms. The first kappa shape index (κ1) is 13.6. The third-order valence-electron chi connectivity index (χ3n) is 3.38. The lowest BCUT2D eigenvalue weighted by Crippen LogP contribution is -2.47. The Labute approximate surface area is 120 Å². The molecule has 1 aliphatic rings. The second kappa shape index (κ2) is 5.94. The number of piperazine rings is 1. The van der Waals surface area contributed by atoms with Crippen LogP contribution in [0.2, 0.25) is 0 Å². The number of aromatic nitrogens is 4. The van der Waals surface area contributed by atoms with E-state index >= 15 is 0 Å². The zero-order valence-corrected chi connectivity index (χ0v) is 11.2. The van der Waals surface area contributed by atoms with Crippen LogP contribution in [0.5, 0.6) is 0 Å². The lowest BCUT2D eigenvalue weighted by Gasteiger charge is -2.35.